The molecular formula is C24H38O5. The van der Waals surface area contributed by atoms with Gasteiger partial charge in [-0.2, -0.15) is 0 Å². The van der Waals surface area contributed by atoms with Gasteiger partial charge in [0.05, 0.1) is 13.5 Å². The van der Waals surface area contributed by atoms with Gasteiger partial charge in [-0.1, -0.05) is 20.8 Å². The van der Waals surface area contributed by atoms with Crippen LogP contribution < -0.4 is 0 Å². The maximum Gasteiger partial charge on any atom is 0.306 e. The van der Waals surface area contributed by atoms with Crippen molar-refractivity contribution in [3.05, 3.63) is 0 Å². The Morgan fingerprint density at radius 1 is 1.00 bits per heavy atom. The minimum absolute atomic E-state index is 0.0113. The van der Waals surface area contributed by atoms with Gasteiger partial charge in [-0.3, -0.25) is 14.4 Å². The van der Waals surface area contributed by atoms with Gasteiger partial charge < -0.3 is 9.47 Å². The van der Waals surface area contributed by atoms with Gasteiger partial charge in [-0.25, -0.2) is 0 Å². The van der Waals surface area contributed by atoms with Crippen molar-refractivity contribution in [2.45, 2.75) is 91.6 Å². The summed E-state index contributed by atoms with van der Waals surface area (Å²) >= 11 is 0. The zero-order chi connectivity index (χ0) is 21.4. The van der Waals surface area contributed by atoms with Crippen molar-refractivity contribution in [2.24, 2.45) is 34.5 Å². The van der Waals surface area contributed by atoms with Crippen LogP contribution in [0.25, 0.3) is 0 Å². The summed E-state index contributed by atoms with van der Waals surface area (Å²) in [4.78, 5) is 36.3. The molecule has 7 atom stereocenters. The summed E-state index contributed by atoms with van der Waals surface area (Å²) in [5, 5.41) is 0. The maximum absolute atomic E-state index is 12.4. The third-order valence-electron chi connectivity index (χ3n) is 8.91. The molecule has 0 aromatic rings. The summed E-state index contributed by atoms with van der Waals surface area (Å²) < 4.78 is 10.8. The Labute approximate surface area is 175 Å². The number of methoxy groups -OCH3 is 1. The summed E-state index contributed by atoms with van der Waals surface area (Å²) in [6.45, 7) is 7.96. The van der Waals surface area contributed by atoms with Crippen molar-refractivity contribution in [2.75, 3.05) is 7.11 Å². The van der Waals surface area contributed by atoms with E-state index in [1.807, 2.05) is 6.92 Å². The number of esters is 2. The van der Waals surface area contributed by atoms with Crippen molar-refractivity contribution in [1.82, 2.24) is 0 Å². The van der Waals surface area contributed by atoms with Crippen LogP contribution in [0.2, 0.25) is 0 Å². The fourth-order valence-electron chi connectivity index (χ4n) is 7.29. The summed E-state index contributed by atoms with van der Waals surface area (Å²) in [6, 6.07) is 0. The number of hydrogen-bond donors (Lipinski definition) is 0. The van der Waals surface area contributed by atoms with Gasteiger partial charge in [0.1, 0.15) is 11.9 Å². The van der Waals surface area contributed by atoms with E-state index in [0.717, 1.165) is 38.5 Å². The molecule has 0 unspecified atom stereocenters. The topological polar surface area (TPSA) is 69.7 Å². The van der Waals surface area contributed by atoms with Crippen LogP contribution in [0.5, 0.6) is 0 Å². The molecular weight excluding hydrogens is 368 g/mol. The Bertz CT molecular complexity index is 658. The van der Waals surface area contributed by atoms with Crippen LogP contribution in [0.3, 0.4) is 0 Å². The summed E-state index contributed by atoms with van der Waals surface area (Å²) in [5.74, 6) is 1.64. The standard InChI is InChI=1S/C24H38O5/c1-6-17(26)13-16-7-8-18-19-9-10-21(29-15(2)25)23(19,3)12-11-20(18)24(16,4)14-22(27)28-5/h16,18-21H,6-14H2,1-5H3/t16-,18+,19+,20+,21+,23+,24+/m1/s1. The molecule has 3 saturated carbocycles. The van der Waals surface area contributed by atoms with Crippen LogP contribution in [0.15, 0.2) is 0 Å². The molecule has 5 nitrogen and oxygen atoms in total. The fourth-order valence-corrected chi connectivity index (χ4v) is 7.29. The number of ketones is 1. The first-order valence-corrected chi connectivity index (χ1v) is 11.4. The van der Waals surface area contributed by atoms with Crippen molar-refractivity contribution in [3.8, 4) is 0 Å². The molecule has 0 radical (unpaired) electrons. The Morgan fingerprint density at radius 3 is 2.34 bits per heavy atom. The Hall–Kier alpha value is -1.39. The van der Waals surface area contributed by atoms with Crippen molar-refractivity contribution < 1.29 is 23.9 Å². The molecule has 3 aliphatic carbocycles. The second-order valence-electron chi connectivity index (χ2n) is 10.2. The van der Waals surface area contributed by atoms with Crippen LogP contribution in [0, 0.1) is 34.5 Å². The molecule has 0 bridgehead atoms. The normalized spacial score (nSPS) is 41.2. The van der Waals surface area contributed by atoms with Crippen LogP contribution in [-0.4, -0.2) is 30.9 Å². The zero-order valence-electron chi connectivity index (χ0n) is 18.8. The van der Waals surface area contributed by atoms with Crippen LogP contribution in [-0.2, 0) is 23.9 Å². The van der Waals surface area contributed by atoms with Gasteiger partial charge in [0.25, 0.3) is 0 Å². The highest BCUT2D eigenvalue weighted by molar-refractivity contribution is 5.78. The highest BCUT2D eigenvalue weighted by Crippen LogP contribution is 2.65. The van der Waals surface area contributed by atoms with E-state index in [1.165, 1.54) is 14.0 Å². The van der Waals surface area contributed by atoms with Crippen LogP contribution in [0.1, 0.15) is 85.5 Å². The van der Waals surface area contributed by atoms with E-state index in [-0.39, 0.29) is 34.8 Å². The molecule has 3 aliphatic rings. The number of Topliss-reactive ketones (excluding diaryl/α,β-unsaturated/α-hetero) is 1. The first-order valence-electron chi connectivity index (χ1n) is 11.4. The van der Waals surface area contributed by atoms with Gasteiger partial charge in [-0.15, -0.1) is 0 Å². The van der Waals surface area contributed by atoms with Gasteiger partial charge >= 0.3 is 11.9 Å². The SMILES string of the molecule is CCC(=O)C[C@H]1CC[C@@H]2[C@H](CC[C@]3(C)[C@@H](OC(C)=O)CC[C@@H]23)[C@@]1(C)CC(=O)OC. The lowest BCUT2D eigenvalue weighted by Crippen LogP contribution is -2.53. The quantitative estimate of drug-likeness (QED) is 0.598. The van der Waals surface area contributed by atoms with Crippen LogP contribution in [0.4, 0.5) is 0 Å². The summed E-state index contributed by atoms with van der Waals surface area (Å²) in [7, 11) is 1.46. The number of rotatable bonds is 6. The molecule has 5 heteroatoms. The third kappa shape index (κ3) is 3.98. The highest BCUT2D eigenvalue weighted by atomic mass is 16.5. The predicted octanol–water partition coefficient (Wildman–Crippen LogP) is 4.71. The second-order valence-corrected chi connectivity index (χ2v) is 10.2. The van der Waals surface area contributed by atoms with Crippen molar-refractivity contribution >= 4 is 17.7 Å². The molecule has 0 N–H and O–H groups in total. The number of carbonyl (C=O) groups is 3. The number of carbonyl (C=O) groups excluding carboxylic acids is 3. The molecule has 29 heavy (non-hydrogen) atoms. The van der Waals surface area contributed by atoms with Gasteiger partial charge in [-0.05, 0) is 67.6 Å². The van der Waals surface area contributed by atoms with E-state index in [2.05, 4.69) is 13.8 Å². The lowest BCUT2D eigenvalue weighted by atomic mass is 9.46. The number of fused-ring (bicyclic) bond motifs is 3. The average Bonchev–Trinajstić information content (AvgIpc) is 2.99. The Morgan fingerprint density at radius 2 is 1.72 bits per heavy atom. The summed E-state index contributed by atoms with van der Waals surface area (Å²) in [5.41, 5.74) is -0.174. The monoisotopic (exact) mass is 406 g/mol. The first-order chi connectivity index (χ1) is 13.7. The third-order valence-corrected chi connectivity index (χ3v) is 8.91. The minimum atomic E-state index is -0.207. The van der Waals surface area contributed by atoms with E-state index in [9.17, 15) is 14.4 Å². The van der Waals surface area contributed by atoms with Gasteiger partial charge in [0.15, 0.2) is 0 Å². The lowest BCUT2D eigenvalue weighted by Gasteiger charge is -2.58. The molecule has 3 rings (SSSR count). The molecule has 3 fully saturated rings. The molecule has 0 saturated heterocycles. The molecule has 0 amide bonds. The maximum atomic E-state index is 12.4. The Balaban J connectivity index is 1.87. The number of ether oxygens (including phenoxy) is 2. The first kappa shape index (κ1) is 22.3. The van der Waals surface area contributed by atoms with E-state index in [4.69, 9.17) is 9.47 Å². The molecule has 164 valence electrons. The highest BCUT2D eigenvalue weighted by Gasteiger charge is 2.60. The smallest absolute Gasteiger partial charge is 0.306 e. The Kier molecular flexibility index (Phi) is 6.45. The largest absolute Gasteiger partial charge is 0.469 e. The second kappa shape index (κ2) is 8.39. The predicted molar refractivity (Wildman–Crippen MR) is 110 cm³/mol. The van der Waals surface area contributed by atoms with Gasteiger partial charge in [0, 0.05) is 25.2 Å². The van der Waals surface area contributed by atoms with Crippen molar-refractivity contribution in [1.29, 1.82) is 0 Å². The van der Waals surface area contributed by atoms with E-state index < -0.39 is 0 Å². The van der Waals surface area contributed by atoms with E-state index >= 15 is 0 Å². The fraction of sp³-hybridized carbons (Fsp3) is 0.875. The zero-order valence-corrected chi connectivity index (χ0v) is 18.8. The molecule has 0 aliphatic heterocycles. The summed E-state index contributed by atoms with van der Waals surface area (Å²) in [6.07, 6.45) is 7.70. The minimum Gasteiger partial charge on any atom is -0.469 e. The lowest BCUT2D eigenvalue weighted by molar-refractivity contribution is -0.165. The van der Waals surface area contributed by atoms with E-state index in [0.29, 0.717) is 42.8 Å². The van der Waals surface area contributed by atoms with E-state index in [1.54, 1.807) is 0 Å². The van der Waals surface area contributed by atoms with Crippen LogP contribution >= 0.6 is 0 Å². The molecule has 0 aromatic carbocycles. The van der Waals surface area contributed by atoms with Gasteiger partial charge in [0.2, 0.25) is 0 Å². The molecule has 0 heterocycles. The molecule has 0 aromatic heterocycles. The average molecular weight is 407 g/mol. The molecule has 0 spiro atoms. The van der Waals surface area contributed by atoms with Crippen molar-refractivity contribution in [3.63, 3.8) is 0 Å². The number of hydrogen-bond acceptors (Lipinski definition) is 5.